The Balaban J connectivity index is 1.47. The molecular formula is C19H21N3O3. The summed E-state index contributed by atoms with van der Waals surface area (Å²) in [5, 5.41) is 2.86. The molecule has 25 heavy (non-hydrogen) atoms. The van der Waals surface area contributed by atoms with Gasteiger partial charge in [0, 0.05) is 6.54 Å². The van der Waals surface area contributed by atoms with Crippen molar-refractivity contribution in [2.24, 2.45) is 0 Å². The SMILES string of the molecule is COc1ccccc1OCC(=O)NCCc1ccc2nc(C)[nH]c2c1. The number of aryl methyl sites for hydroxylation is 1. The molecule has 0 saturated carbocycles. The number of fused-ring (bicyclic) bond motifs is 1. The van der Waals surface area contributed by atoms with Crippen LogP contribution in [0.15, 0.2) is 42.5 Å². The van der Waals surface area contributed by atoms with E-state index in [2.05, 4.69) is 21.4 Å². The number of carbonyl (C=O) groups is 1. The van der Waals surface area contributed by atoms with E-state index in [-0.39, 0.29) is 12.5 Å². The van der Waals surface area contributed by atoms with Gasteiger partial charge >= 0.3 is 0 Å². The summed E-state index contributed by atoms with van der Waals surface area (Å²) in [6, 6.07) is 13.3. The van der Waals surface area contributed by atoms with Crippen LogP contribution in [-0.2, 0) is 11.2 Å². The average molecular weight is 339 g/mol. The fourth-order valence-electron chi connectivity index (χ4n) is 2.62. The van der Waals surface area contributed by atoms with Gasteiger partial charge in [0.2, 0.25) is 0 Å². The van der Waals surface area contributed by atoms with Gasteiger partial charge in [-0.05, 0) is 43.2 Å². The number of amides is 1. The minimum atomic E-state index is -0.163. The molecular weight excluding hydrogens is 318 g/mol. The van der Waals surface area contributed by atoms with Gasteiger partial charge in [0.1, 0.15) is 5.82 Å². The van der Waals surface area contributed by atoms with E-state index in [1.54, 1.807) is 19.2 Å². The monoisotopic (exact) mass is 339 g/mol. The normalized spacial score (nSPS) is 10.6. The van der Waals surface area contributed by atoms with E-state index >= 15 is 0 Å². The second-order valence-electron chi connectivity index (χ2n) is 5.71. The van der Waals surface area contributed by atoms with E-state index < -0.39 is 0 Å². The van der Waals surface area contributed by atoms with Gasteiger partial charge in [-0.25, -0.2) is 4.98 Å². The first kappa shape index (κ1) is 16.8. The number of nitrogens with one attached hydrogen (secondary N) is 2. The number of rotatable bonds is 7. The molecule has 0 fully saturated rings. The van der Waals surface area contributed by atoms with Gasteiger partial charge in [-0.1, -0.05) is 18.2 Å². The smallest absolute Gasteiger partial charge is 0.257 e. The molecule has 0 bridgehead atoms. The van der Waals surface area contributed by atoms with Gasteiger partial charge in [0.15, 0.2) is 18.1 Å². The van der Waals surface area contributed by atoms with Gasteiger partial charge in [0.05, 0.1) is 18.1 Å². The Kier molecular flexibility index (Phi) is 5.18. The summed E-state index contributed by atoms with van der Waals surface area (Å²) in [5.74, 6) is 1.90. The van der Waals surface area contributed by atoms with E-state index in [4.69, 9.17) is 9.47 Å². The van der Waals surface area contributed by atoms with Crippen molar-refractivity contribution in [3.63, 3.8) is 0 Å². The van der Waals surface area contributed by atoms with Crippen molar-refractivity contribution < 1.29 is 14.3 Å². The number of nitrogens with zero attached hydrogens (tertiary/aromatic N) is 1. The third-order valence-corrected chi connectivity index (χ3v) is 3.83. The first-order chi connectivity index (χ1) is 12.2. The van der Waals surface area contributed by atoms with Crippen molar-refractivity contribution in [1.29, 1.82) is 0 Å². The fraction of sp³-hybridized carbons (Fsp3) is 0.263. The van der Waals surface area contributed by atoms with Gasteiger partial charge < -0.3 is 19.8 Å². The molecule has 0 saturated heterocycles. The van der Waals surface area contributed by atoms with E-state index in [0.717, 1.165) is 28.8 Å². The molecule has 0 aliphatic heterocycles. The first-order valence-electron chi connectivity index (χ1n) is 8.13. The van der Waals surface area contributed by atoms with Crippen LogP contribution in [0.1, 0.15) is 11.4 Å². The maximum Gasteiger partial charge on any atom is 0.257 e. The van der Waals surface area contributed by atoms with E-state index in [0.29, 0.717) is 18.0 Å². The molecule has 1 amide bonds. The molecule has 0 spiro atoms. The summed E-state index contributed by atoms with van der Waals surface area (Å²) in [6.07, 6.45) is 0.744. The second kappa shape index (κ2) is 7.70. The van der Waals surface area contributed by atoms with Crippen LogP contribution in [0, 0.1) is 6.92 Å². The summed E-state index contributed by atoms with van der Waals surface area (Å²) >= 11 is 0. The molecule has 3 rings (SSSR count). The largest absolute Gasteiger partial charge is 0.493 e. The molecule has 130 valence electrons. The third-order valence-electron chi connectivity index (χ3n) is 3.83. The lowest BCUT2D eigenvalue weighted by atomic mass is 10.1. The predicted octanol–water partition coefficient (Wildman–Crippen LogP) is 2.62. The summed E-state index contributed by atoms with van der Waals surface area (Å²) in [5.41, 5.74) is 3.11. The minimum Gasteiger partial charge on any atom is -0.493 e. The van der Waals surface area contributed by atoms with Gasteiger partial charge in [-0.2, -0.15) is 0 Å². The van der Waals surface area contributed by atoms with Crippen LogP contribution < -0.4 is 14.8 Å². The zero-order valence-electron chi connectivity index (χ0n) is 14.3. The van der Waals surface area contributed by atoms with Crippen LogP contribution in [0.5, 0.6) is 11.5 Å². The number of H-pyrrole nitrogens is 1. The molecule has 6 heteroatoms. The van der Waals surface area contributed by atoms with Gasteiger partial charge in [-0.15, -0.1) is 0 Å². The van der Waals surface area contributed by atoms with Crippen molar-refractivity contribution >= 4 is 16.9 Å². The van der Waals surface area contributed by atoms with Gasteiger partial charge in [-0.3, -0.25) is 4.79 Å². The number of para-hydroxylation sites is 2. The van der Waals surface area contributed by atoms with Crippen LogP contribution in [0.2, 0.25) is 0 Å². The van der Waals surface area contributed by atoms with Gasteiger partial charge in [0.25, 0.3) is 5.91 Å². The summed E-state index contributed by atoms with van der Waals surface area (Å²) in [7, 11) is 1.57. The Morgan fingerprint density at radius 3 is 2.80 bits per heavy atom. The molecule has 2 aromatic carbocycles. The predicted molar refractivity (Wildman–Crippen MR) is 96.0 cm³/mol. The zero-order chi connectivity index (χ0) is 17.6. The Morgan fingerprint density at radius 2 is 2.00 bits per heavy atom. The molecule has 0 radical (unpaired) electrons. The van der Waals surface area contributed by atoms with Crippen molar-refractivity contribution in [3.05, 3.63) is 53.9 Å². The zero-order valence-corrected chi connectivity index (χ0v) is 14.3. The Labute approximate surface area is 146 Å². The fourth-order valence-corrected chi connectivity index (χ4v) is 2.62. The highest BCUT2D eigenvalue weighted by Gasteiger charge is 2.07. The van der Waals surface area contributed by atoms with Crippen molar-refractivity contribution in [3.8, 4) is 11.5 Å². The number of benzene rings is 2. The number of ether oxygens (including phenoxy) is 2. The van der Waals surface area contributed by atoms with Crippen molar-refractivity contribution in [2.75, 3.05) is 20.3 Å². The van der Waals surface area contributed by atoms with E-state index in [1.807, 2.05) is 31.2 Å². The molecule has 0 aliphatic carbocycles. The number of methoxy groups -OCH3 is 1. The molecule has 2 N–H and O–H groups in total. The molecule has 0 atom stereocenters. The van der Waals surface area contributed by atoms with Crippen molar-refractivity contribution in [1.82, 2.24) is 15.3 Å². The number of aromatic amines is 1. The number of carbonyl (C=O) groups excluding carboxylic acids is 1. The minimum absolute atomic E-state index is 0.0425. The highest BCUT2D eigenvalue weighted by atomic mass is 16.5. The highest BCUT2D eigenvalue weighted by molar-refractivity contribution is 5.78. The number of aromatic nitrogens is 2. The quantitative estimate of drug-likeness (QED) is 0.694. The lowest BCUT2D eigenvalue weighted by Crippen LogP contribution is -2.30. The Hall–Kier alpha value is -3.02. The van der Waals surface area contributed by atoms with Crippen LogP contribution in [0.3, 0.4) is 0 Å². The standard InChI is InChI=1S/C19H21N3O3/c1-13-21-15-8-7-14(11-16(15)22-13)9-10-20-19(23)12-25-18-6-4-3-5-17(18)24-2/h3-8,11H,9-10,12H2,1-2H3,(H,20,23)(H,21,22). The number of hydrogen-bond donors (Lipinski definition) is 2. The van der Waals surface area contributed by atoms with Crippen LogP contribution in [0.25, 0.3) is 11.0 Å². The molecule has 3 aromatic rings. The van der Waals surface area contributed by atoms with Crippen LogP contribution in [0.4, 0.5) is 0 Å². The molecule has 6 nitrogen and oxygen atoms in total. The Morgan fingerprint density at radius 1 is 1.20 bits per heavy atom. The topological polar surface area (TPSA) is 76.2 Å². The summed E-state index contributed by atoms with van der Waals surface area (Å²) < 4.78 is 10.7. The summed E-state index contributed by atoms with van der Waals surface area (Å²) in [4.78, 5) is 19.5. The maximum absolute atomic E-state index is 11.9. The first-order valence-corrected chi connectivity index (χ1v) is 8.13. The summed E-state index contributed by atoms with van der Waals surface area (Å²) in [6.45, 7) is 2.44. The molecule has 0 aliphatic rings. The van der Waals surface area contributed by atoms with E-state index in [1.165, 1.54) is 0 Å². The molecule has 1 aromatic heterocycles. The lowest BCUT2D eigenvalue weighted by Gasteiger charge is -2.10. The van der Waals surface area contributed by atoms with Crippen LogP contribution in [-0.4, -0.2) is 36.1 Å². The van der Waals surface area contributed by atoms with Crippen molar-refractivity contribution in [2.45, 2.75) is 13.3 Å². The second-order valence-corrected chi connectivity index (χ2v) is 5.71. The molecule has 0 unspecified atom stereocenters. The molecule has 1 heterocycles. The number of hydrogen-bond acceptors (Lipinski definition) is 4. The average Bonchev–Trinajstić information content (AvgIpc) is 2.99. The van der Waals surface area contributed by atoms with Crippen LogP contribution >= 0.6 is 0 Å². The number of imidazole rings is 1. The maximum atomic E-state index is 11.9. The highest BCUT2D eigenvalue weighted by Crippen LogP contribution is 2.25. The Bertz CT molecular complexity index is 873. The van der Waals surface area contributed by atoms with E-state index in [9.17, 15) is 4.79 Å². The third kappa shape index (κ3) is 4.29. The lowest BCUT2D eigenvalue weighted by molar-refractivity contribution is -0.123.